The zero-order chi connectivity index (χ0) is 24.7. The van der Waals surface area contributed by atoms with Crippen LogP contribution in [-0.4, -0.2) is 54.1 Å². The SMILES string of the molecule is Cc1cccc(Nc2ncc(-c3nc4ccccc4s3)c(N[C@@H]3C[C@@H](C(C)(C)O)[C@@H](O)[C@H]3O)n2)c1. The van der Waals surface area contributed by atoms with Gasteiger partial charge in [-0.1, -0.05) is 24.3 Å². The Morgan fingerprint density at radius 1 is 1.03 bits per heavy atom. The third kappa shape index (κ3) is 4.85. The van der Waals surface area contributed by atoms with Crippen LogP contribution in [0.1, 0.15) is 25.8 Å². The van der Waals surface area contributed by atoms with E-state index in [1.165, 1.54) is 11.3 Å². The standard InChI is InChI=1S/C26H29N5O3S/c1-14-7-6-8-15(11-14)28-25-27-13-16(24-30-18-9-4-5-10-20(18)35-24)23(31-25)29-19-12-17(26(2,3)34)21(32)22(19)33/h4-11,13,17,19,21-22,32-34H,12H2,1-3H3,(H2,27,28,29,31)/t17-,19-,21-,22+/m1/s1. The second kappa shape index (κ2) is 9.16. The van der Waals surface area contributed by atoms with Crippen molar-refractivity contribution in [2.75, 3.05) is 10.6 Å². The van der Waals surface area contributed by atoms with E-state index in [-0.39, 0.29) is 0 Å². The molecule has 0 radical (unpaired) electrons. The molecule has 2 heterocycles. The predicted molar refractivity (Wildman–Crippen MR) is 139 cm³/mol. The van der Waals surface area contributed by atoms with E-state index >= 15 is 0 Å². The Labute approximate surface area is 207 Å². The van der Waals surface area contributed by atoms with Crippen LogP contribution < -0.4 is 10.6 Å². The van der Waals surface area contributed by atoms with Gasteiger partial charge in [-0.2, -0.15) is 4.98 Å². The number of thiazole rings is 1. The first-order chi connectivity index (χ1) is 16.7. The van der Waals surface area contributed by atoms with Crippen molar-refractivity contribution in [3.05, 3.63) is 60.3 Å². The molecular weight excluding hydrogens is 462 g/mol. The van der Waals surface area contributed by atoms with Crippen LogP contribution >= 0.6 is 11.3 Å². The molecule has 1 fully saturated rings. The number of fused-ring (bicyclic) bond motifs is 1. The smallest absolute Gasteiger partial charge is 0.229 e. The fourth-order valence-electron chi connectivity index (χ4n) is 4.60. The number of aliphatic hydroxyl groups excluding tert-OH is 2. The molecule has 182 valence electrons. The summed E-state index contributed by atoms with van der Waals surface area (Å²) in [6, 6.07) is 15.3. The molecule has 4 aromatic rings. The zero-order valence-electron chi connectivity index (χ0n) is 19.8. The molecular formula is C26H29N5O3S. The van der Waals surface area contributed by atoms with E-state index in [4.69, 9.17) is 9.97 Å². The Hall–Kier alpha value is -3.11. The summed E-state index contributed by atoms with van der Waals surface area (Å²) in [4.78, 5) is 14.0. The van der Waals surface area contributed by atoms with Gasteiger partial charge in [0.15, 0.2) is 0 Å². The van der Waals surface area contributed by atoms with Crippen molar-refractivity contribution in [2.45, 2.75) is 51.0 Å². The van der Waals surface area contributed by atoms with Crippen LogP contribution in [0.5, 0.6) is 0 Å². The third-order valence-electron chi connectivity index (χ3n) is 6.50. The maximum Gasteiger partial charge on any atom is 0.229 e. The quantitative estimate of drug-likeness (QED) is 0.273. The average Bonchev–Trinajstić information content (AvgIpc) is 3.36. The lowest BCUT2D eigenvalue weighted by Gasteiger charge is -2.28. The molecule has 35 heavy (non-hydrogen) atoms. The molecule has 5 rings (SSSR count). The average molecular weight is 492 g/mol. The lowest BCUT2D eigenvalue weighted by molar-refractivity contribution is -0.0601. The lowest BCUT2D eigenvalue weighted by Crippen LogP contribution is -2.40. The van der Waals surface area contributed by atoms with Gasteiger partial charge in [0.25, 0.3) is 0 Å². The number of aliphatic hydroxyl groups is 3. The maximum absolute atomic E-state index is 10.8. The molecule has 5 N–H and O–H groups in total. The summed E-state index contributed by atoms with van der Waals surface area (Å²) in [6.07, 6.45) is -0.00507. The second-order valence-electron chi connectivity index (χ2n) is 9.66. The number of para-hydroxylation sites is 1. The molecule has 0 aliphatic heterocycles. The van der Waals surface area contributed by atoms with Crippen molar-refractivity contribution in [3.8, 4) is 10.6 Å². The summed E-state index contributed by atoms with van der Waals surface area (Å²) in [5, 5.41) is 39.2. The van der Waals surface area contributed by atoms with E-state index in [9.17, 15) is 15.3 Å². The van der Waals surface area contributed by atoms with Crippen molar-refractivity contribution in [1.29, 1.82) is 0 Å². The van der Waals surface area contributed by atoms with Gasteiger partial charge in [-0.3, -0.25) is 0 Å². The van der Waals surface area contributed by atoms with Crippen LogP contribution in [0.3, 0.4) is 0 Å². The van der Waals surface area contributed by atoms with Crippen LogP contribution in [0.4, 0.5) is 17.5 Å². The van der Waals surface area contributed by atoms with Crippen molar-refractivity contribution in [1.82, 2.24) is 15.0 Å². The lowest BCUT2D eigenvalue weighted by atomic mass is 9.88. The fraction of sp³-hybridized carbons (Fsp3) is 0.346. The molecule has 2 aromatic carbocycles. The van der Waals surface area contributed by atoms with Crippen LogP contribution in [0.2, 0.25) is 0 Å². The van der Waals surface area contributed by atoms with Gasteiger partial charge in [-0.25, -0.2) is 9.97 Å². The molecule has 1 saturated carbocycles. The number of rotatable bonds is 6. The van der Waals surface area contributed by atoms with Crippen molar-refractivity contribution in [2.24, 2.45) is 5.92 Å². The number of aryl methyl sites for hydroxylation is 1. The minimum Gasteiger partial charge on any atom is -0.390 e. The maximum atomic E-state index is 10.8. The number of hydrogen-bond donors (Lipinski definition) is 5. The van der Waals surface area contributed by atoms with Crippen molar-refractivity contribution in [3.63, 3.8) is 0 Å². The summed E-state index contributed by atoms with van der Waals surface area (Å²) in [6.45, 7) is 5.31. The number of nitrogens with zero attached hydrogens (tertiary/aromatic N) is 3. The van der Waals surface area contributed by atoms with Crippen LogP contribution in [0, 0.1) is 12.8 Å². The van der Waals surface area contributed by atoms with Crippen LogP contribution in [0.25, 0.3) is 20.8 Å². The Bertz CT molecular complexity index is 1320. The zero-order valence-corrected chi connectivity index (χ0v) is 20.6. The summed E-state index contributed by atoms with van der Waals surface area (Å²) in [5.41, 5.74) is 2.44. The molecule has 4 atom stereocenters. The Balaban J connectivity index is 1.52. The molecule has 0 amide bonds. The van der Waals surface area contributed by atoms with Crippen LogP contribution in [-0.2, 0) is 0 Å². The summed E-state index contributed by atoms with van der Waals surface area (Å²) in [5.74, 6) is 0.421. The van der Waals surface area contributed by atoms with E-state index in [0.717, 1.165) is 26.5 Å². The highest BCUT2D eigenvalue weighted by Crippen LogP contribution is 2.39. The highest BCUT2D eigenvalue weighted by atomic mass is 32.1. The third-order valence-corrected chi connectivity index (χ3v) is 7.57. The number of anilines is 3. The fourth-order valence-corrected chi connectivity index (χ4v) is 5.58. The number of aromatic nitrogens is 3. The van der Waals surface area contributed by atoms with Gasteiger partial charge in [0, 0.05) is 17.8 Å². The number of benzene rings is 2. The summed E-state index contributed by atoms with van der Waals surface area (Å²) >= 11 is 1.54. The number of nitrogens with one attached hydrogen (secondary N) is 2. The molecule has 1 aliphatic rings. The minimum absolute atomic E-state index is 0.385. The Kier molecular flexibility index (Phi) is 6.18. The van der Waals surface area contributed by atoms with E-state index in [1.54, 1.807) is 20.0 Å². The largest absolute Gasteiger partial charge is 0.390 e. The molecule has 0 saturated heterocycles. The summed E-state index contributed by atoms with van der Waals surface area (Å²) in [7, 11) is 0. The topological polar surface area (TPSA) is 123 Å². The first-order valence-electron chi connectivity index (χ1n) is 11.6. The molecule has 0 unspecified atom stereocenters. The van der Waals surface area contributed by atoms with Crippen molar-refractivity contribution < 1.29 is 15.3 Å². The van der Waals surface area contributed by atoms with Gasteiger partial charge in [0.05, 0.1) is 33.5 Å². The first-order valence-corrected chi connectivity index (χ1v) is 12.4. The van der Waals surface area contributed by atoms with Gasteiger partial charge in [0.2, 0.25) is 5.95 Å². The minimum atomic E-state index is -1.13. The molecule has 8 nitrogen and oxygen atoms in total. The Morgan fingerprint density at radius 2 is 1.83 bits per heavy atom. The van der Waals surface area contributed by atoms with Gasteiger partial charge in [-0.05, 0) is 57.0 Å². The van der Waals surface area contributed by atoms with E-state index < -0.39 is 29.8 Å². The van der Waals surface area contributed by atoms with Crippen molar-refractivity contribution >= 4 is 39.0 Å². The first kappa shape index (κ1) is 23.6. The molecule has 1 aliphatic carbocycles. The van der Waals surface area contributed by atoms with Gasteiger partial charge < -0.3 is 26.0 Å². The predicted octanol–water partition coefficient (Wildman–Crippen LogP) is 4.10. The molecule has 9 heteroatoms. The monoisotopic (exact) mass is 491 g/mol. The van der Waals surface area contributed by atoms with Gasteiger partial charge in [0.1, 0.15) is 16.9 Å². The number of hydrogen-bond acceptors (Lipinski definition) is 9. The van der Waals surface area contributed by atoms with E-state index in [0.29, 0.717) is 23.8 Å². The van der Waals surface area contributed by atoms with Gasteiger partial charge >= 0.3 is 0 Å². The molecule has 0 spiro atoms. The van der Waals surface area contributed by atoms with E-state index in [1.807, 2.05) is 55.5 Å². The Morgan fingerprint density at radius 3 is 2.54 bits per heavy atom. The van der Waals surface area contributed by atoms with E-state index in [2.05, 4.69) is 15.6 Å². The van der Waals surface area contributed by atoms with Gasteiger partial charge in [-0.15, -0.1) is 11.3 Å². The molecule has 0 bridgehead atoms. The normalized spacial score (nSPS) is 22.5. The highest BCUT2D eigenvalue weighted by Gasteiger charge is 2.47. The molecule has 2 aromatic heterocycles. The highest BCUT2D eigenvalue weighted by molar-refractivity contribution is 7.21. The van der Waals surface area contributed by atoms with Crippen LogP contribution in [0.15, 0.2) is 54.7 Å². The summed E-state index contributed by atoms with van der Waals surface area (Å²) < 4.78 is 1.05. The second-order valence-corrected chi connectivity index (χ2v) is 10.7.